The Labute approximate surface area is 150 Å². The molecule has 26 heavy (non-hydrogen) atoms. The maximum atomic E-state index is 13.0. The number of Topliss-reactive ketones (excluding diaryl/α,β-unsaturated/α-hetero) is 1. The lowest BCUT2D eigenvalue weighted by Gasteiger charge is -2.14. The van der Waals surface area contributed by atoms with Crippen LogP contribution in [-0.2, 0) is 0 Å². The zero-order valence-electron chi connectivity index (χ0n) is 13.9. The molecule has 1 aromatic heterocycles. The van der Waals surface area contributed by atoms with Gasteiger partial charge in [0.25, 0.3) is 0 Å². The molecular formula is C21H15FN2O2. The maximum Gasteiger partial charge on any atom is 0.172 e. The Morgan fingerprint density at radius 2 is 1.65 bits per heavy atom. The highest BCUT2D eigenvalue weighted by atomic mass is 19.1. The fourth-order valence-electron chi connectivity index (χ4n) is 2.83. The van der Waals surface area contributed by atoms with Gasteiger partial charge < -0.3 is 4.74 Å². The molecule has 0 amide bonds. The minimum atomic E-state index is -0.256. The molecule has 0 saturated heterocycles. The topological polar surface area (TPSA) is 51.5 Å². The number of nitrogens with zero attached hydrogens (tertiary/aromatic N) is 2. The highest BCUT2D eigenvalue weighted by Gasteiger charge is 2.20. The van der Waals surface area contributed by atoms with Crippen molar-refractivity contribution >= 4 is 17.2 Å². The van der Waals surface area contributed by atoms with Crippen LogP contribution < -0.4 is 4.74 Å². The molecule has 0 saturated carbocycles. The van der Waals surface area contributed by atoms with E-state index in [2.05, 4.69) is 9.98 Å². The summed E-state index contributed by atoms with van der Waals surface area (Å²) >= 11 is 0. The molecule has 2 aromatic carbocycles. The van der Waals surface area contributed by atoms with Crippen LogP contribution in [0.15, 0.2) is 72.0 Å². The summed E-state index contributed by atoms with van der Waals surface area (Å²) in [5, 5.41) is 0. The van der Waals surface area contributed by atoms with Crippen molar-refractivity contribution in [2.45, 2.75) is 6.42 Å². The Morgan fingerprint density at radius 3 is 2.38 bits per heavy atom. The van der Waals surface area contributed by atoms with Crippen molar-refractivity contribution in [2.24, 2.45) is 4.99 Å². The van der Waals surface area contributed by atoms with E-state index < -0.39 is 0 Å². The van der Waals surface area contributed by atoms with Gasteiger partial charge in [-0.05, 0) is 41.5 Å². The van der Waals surface area contributed by atoms with Crippen LogP contribution >= 0.6 is 0 Å². The van der Waals surface area contributed by atoms with Crippen LogP contribution in [0, 0.1) is 5.82 Å². The second-order valence-electron chi connectivity index (χ2n) is 5.99. The highest BCUT2D eigenvalue weighted by Crippen LogP contribution is 2.26. The predicted molar refractivity (Wildman–Crippen MR) is 97.6 cm³/mol. The fourth-order valence-corrected chi connectivity index (χ4v) is 2.83. The van der Waals surface area contributed by atoms with Crippen LogP contribution in [0.1, 0.15) is 16.8 Å². The smallest absolute Gasteiger partial charge is 0.172 e. The number of pyridine rings is 1. The van der Waals surface area contributed by atoms with Gasteiger partial charge in [0.05, 0.1) is 23.4 Å². The first kappa shape index (κ1) is 16.1. The van der Waals surface area contributed by atoms with Crippen LogP contribution in [0.2, 0.25) is 0 Å². The quantitative estimate of drug-likeness (QED) is 0.692. The summed E-state index contributed by atoms with van der Waals surface area (Å²) in [6.45, 7) is 0.253. The molecule has 0 bridgehead atoms. The number of carbonyl (C=O) groups is 1. The molecule has 0 N–H and O–H groups in total. The SMILES string of the molecule is O=C1CC(COc2ccc(-c3ccc(F)cc3)cc2)=Nc2ccncc21. The number of aromatic nitrogens is 1. The third-order valence-electron chi connectivity index (χ3n) is 4.18. The molecule has 4 rings (SSSR count). The molecule has 0 aliphatic carbocycles. The van der Waals surface area contributed by atoms with Gasteiger partial charge in [-0.1, -0.05) is 24.3 Å². The Bertz CT molecular complexity index is 980. The molecule has 2 heterocycles. The van der Waals surface area contributed by atoms with E-state index in [1.165, 1.54) is 12.1 Å². The van der Waals surface area contributed by atoms with Crippen LogP contribution in [-0.4, -0.2) is 23.1 Å². The maximum absolute atomic E-state index is 13.0. The van der Waals surface area contributed by atoms with Gasteiger partial charge in [-0.25, -0.2) is 4.39 Å². The van der Waals surface area contributed by atoms with Gasteiger partial charge in [-0.15, -0.1) is 0 Å². The van der Waals surface area contributed by atoms with Gasteiger partial charge in [-0.2, -0.15) is 0 Å². The van der Waals surface area contributed by atoms with Crippen LogP contribution in [0.3, 0.4) is 0 Å². The van der Waals surface area contributed by atoms with Crippen molar-refractivity contribution in [2.75, 3.05) is 6.61 Å². The van der Waals surface area contributed by atoms with E-state index in [-0.39, 0.29) is 24.6 Å². The standard InChI is InChI=1S/C21H15FN2O2/c22-16-5-1-14(2-6-16)15-3-7-18(8-4-15)26-13-17-11-21(25)19-12-23-10-9-20(19)24-17/h1-10,12H,11,13H2. The first-order valence-electron chi connectivity index (χ1n) is 8.21. The first-order chi connectivity index (χ1) is 12.7. The first-order valence-corrected chi connectivity index (χ1v) is 8.21. The third-order valence-corrected chi connectivity index (χ3v) is 4.18. The third kappa shape index (κ3) is 3.37. The Kier molecular flexibility index (Phi) is 4.27. The minimum Gasteiger partial charge on any atom is -0.488 e. The summed E-state index contributed by atoms with van der Waals surface area (Å²) in [4.78, 5) is 20.6. The van der Waals surface area contributed by atoms with Gasteiger partial charge in [0, 0.05) is 12.4 Å². The second kappa shape index (κ2) is 6.88. The Hall–Kier alpha value is -3.34. The normalized spacial score (nSPS) is 13.1. The predicted octanol–water partition coefficient (Wildman–Crippen LogP) is 4.63. The zero-order chi connectivity index (χ0) is 17.9. The van der Waals surface area contributed by atoms with Crippen molar-refractivity contribution in [3.05, 3.63) is 78.4 Å². The number of rotatable bonds is 4. The van der Waals surface area contributed by atoms with Crippen molar-refractivity contribution in [1.29, 1.82) is 0 Å². The molecule has 0 atom stereocenters. The van der Waals surface area contributed by atoms with Crippen molar-refractivity contribution in [1.82, 2.24) is 4.98 Å². The number of aliphatic imine (C=N–C) groups is 1. The van der Waals surface area contributed by atoms with E-state index in [1.807, 2.05) is 24.3 Å². The molecule has 0 fully saturated rings. The average Bonchev–Trinajstić information content (AvgIpc) is 2.68. The molecule has 0 radical (unpaired) electrons. The molecule has 3 aromatic rings. The van der Waals surface area contributed by atoms with E-state index >= 15 is 0 Å². The number of carbonyl (C=O) groups excluding carboxylic acids is 1. The average molecular weight is 346 g/mol. The summed E-state index contributed by atoms with van der Waals surface area (Å²) < 4.78 is 18.8. The molecule has 5 heteroatoms. The monoisotopic (exact) mass is 346 g/mol. The Balaban J connectivity index is 1.45. The van der Waals surface area contributed by atoms with E-state index in [4.69, 9.17) is 4.74 Å². The lowest BCUT2D eigenvalue weighted by molar-refractivity contribution is 0.0998. The van der Waals surface area contributed by atoms with Gasteiger partial charge in [-0.3, -0.25) is 14.8 Å². The van der Waals surface area contributed by atoms with E-state index in [0.717, 1.165) is 11.1 Å². The second-order valence-corrected chi connectivity index (χ2v) is 5.99. The number of hydrogen-bond donors (Lipinski definition) is 0. The summed E-state index contributed by atoms with van der Waals surface area (Å²) in [7, 11) is 0. The number of fused-ring (bicyclic) bond motifs is 1. The van der Waals surface area contributed by atoms with E-state index in [1.54, 1.807) is 30.6 Å². The molecule has 4 nitrogen and oxygen atoms in total. The molecule has 128 valence electrons. The van der Waals surface area contributed by atoms with Crippen LogP contribution in [0.4, 0.5) is 10.1 Å². The summed E-state index contributed by atoms with van der Waals surface area (Å²) in [6.07, 6.45) is 3.41. The van der Waals surface area contributed by atoms with Crippen molar-refractivity contribution in [3.63, 3.8) is 0 Å². The number of ketones is 1. The van der Waals surface area contributed by atoms with E-state index in [0.29, 0.717) is 22.7 Å². The van der Waals surface area contributed by atoms with Crippen LogP contribution in [0.25, 0.3) is 11.1 Å². The van der Waals surface area contributed by atoms with Crippen LogP contribution in [0.5, 0.6) is 5.75 Å². The summed E-state index contributed by atoms with van der Waals surface area (Å²) in [5.74, 6) is 0.439. The number of halogens is 1. The largest absolute Gasteiger partial charge is 0.488 e. The van der Waals surface area contributed by atoms with Gasteiger partial charge >= 0.3 is 0 Å². The number of ether oxygens (including phenoxy) is 1. The highest BCUT2D eigenvalue weighted by molar-refractivity contribution is 6.15. The fraction of sp³-hybridized carbons (Fsp3) is 0.0952. The lowest BCUT2D eigenvalue weighted by atomic mass is 10.0. The van der Waals surface area contributed by atoms with Crippen molar-refractivity contribution < 1.29 is 13.9 Å². The molecule has 0 spiro atoms. The molecule has 1 aliphatic rings. The van der Waals surface area contributed by atoms with Gasteiger partial charge in [0.1, 0.15) is 18.2 Å². The zero-order valence-corrected chi connectivity index (χ0v) is 13.9. The number of benzene rings is 2. The van der Waals surface area contributed by atoms with E-state index in [9.17, 15) is 9.18 Å². The van der Waals surface area contributed by atoms with Gasteiger partial charge in [0.15, 0.2) is 5.78 Å². The summed E-state index contributed by atoms with van der Waals surface area (Å²) in [5.41, 5.74) is 3.80. The summed E-state index contributed by atoms with van der Waals surface area (Å²) in [6, 6.07) is 15.6. The molecule has 1 aliphatic heterocycles. The van der Waals surface area contributed by atoms with Crippen molar-refractivity contribution in [3.8, 4) is 16.9 Å². The molecule has 0 unspecified atom stereocenters. The molecular weight excluding hydrogens is 331 g/mol. The Morgan fingerprint density at radius 1 is 0.962 bits per heavy atom. The minimum absolute atomic E-state index is 0.00774. The van der Waals surface area contributed by atoms with Gasteiger partial charge in [0.2, 0.25) is 0 Å². The lowest BCUT2D eigenvalue weighted by Crippen LogP contribution is -2.19. The number of hydrogen-bond acceptors (Lipinski definition) is 4.